The van der Waals surface area contributed by atoms with Gasteiger partial charge in [-0.2, -0.15) is 10.2 Å². The molecule has 2 rings (SSSR count). The van der Waals surface area contributed by atoms with Gasteiger partial charge >= 0.3 is 0 Å². The van der Waals surface area contributed by atoms with Crippen LogP contribution >= 0.6 is 0 Å². The molecule has 0 fully saturated rings. The summed E-state index contributed by atoms with van der Waals surface area (Å²) in [5.41, 5.74) is 1.35. The highest BCUT2D eigenvalue weighted by Crippen LogP contribution is 2.17. The van der Waals surface area contributed by atoms with E-state index in [4.69, 9.17) is 0 Å². The van der Waals surface area contributed by atoms with E-state index in [0.717, 1.165) is 5.56 Å². The Hall–Kier alpha value is -1.62. The molecule has 2 aromatic heterocycles. The first-order valence-electron chi connectivity index (χ1n) is 3.93. The Morgan fingerprint density at radius 1 is 1.62 bits per heavy atom. The zero-order valence-corrected chi connectivity index (χ0v) is 7.18. The minimum atomic E-state index is -0.694. The number of rotatable bonds is 2. The van der Waals surface area contributed by atoms with Crippen LogP contribution in [0.15, 0.2) is 24.7 Å². The Kier molecular flexibility index (Phi) is 1.86. The van der Waals surface area contributed by atoms with Crippen LogP contribution in [-0.4, -0.2) is 25.1 Å². The molecule has 5 nitrogen and oxygen atoms in total. The molecule has 0 aliphatic heterocycles. The van der Waals surface area contributed by atoms with Gasteiger partial charge in [0.25, 0.3) is 0 Å². The van der Waals surface area contributed by atoms with Crippen molar-refractivity contribution in [3.8, 4) is 0 Å². The smallest absolute Gasteiger partial charge is 0.126 e. The predicted molar refractivity (Wildman–Crippen MR) is 45.9 cm³/mol. The molecule has 5 heteroatoms. The van der Waals surface area contributed by atoms with E-state index in [2.05, 4.69) is 15.3 Å². The second kappa shape index (κ2) is 3.02. The second-order valence-corrected chi connectivity index (χ2v) is 2.85. The second-order valence-electron chi connectivity index (χ2n) is 2.85. The van der Waals surface area contributed by atoms with Crippen LogP contribution in [0.5, 0.6) is 0 Å². The van der Waals surface area contributed by atoms with Gasteiger partial charge in [-0.05, 0) is 6.07 Å². The van der Waals surface area contributed by atoms with Gasteiger partial charge in [0, 0.05) is 25.0 Å². The van der Waals surface area contributed by atoms with Crippen LogP contribution in [-0.2, 0) is 7.05 Å². The van der Waals surface area contributed by atoms with Crippen molar-refractivity contribution in [3.05, 3.63) is 35.9 Å². The molecule has 2 N–H and O–H groups in total. The molecule has 13 heavy (non-hydrogen) atoms. The summed E-state index contributed by atoms with van der Waals surface area (Å²) in [5, 5.41) is 20.2. The van der Waals surface area contributed by atoms with Crippen LogP contribution in [0.25, 0.3) is 0 Å². The van der Waals surface area contributed by atoms with Crippen molar-refractivity contribution in [1.82, 2.24) is 20.0 Å². The summed E-state index contributed by atoms with van der Waals surface area (Å²) in [6.07, 6.45) is 4.33. The lowest BCUT2D eigenvalue weighted by molar-refractivity contribution is 0.214. The SMILES string of the molecule is Cn1ccc(C(O)c2cn[nH]c2)n1. The van der Waals surface area contributed by atoms with Crippen molar-refractivity contribution in [2.45, 2.75) is 6.10 Å². The fourth-order valence-electron chi connectivity index (χ4n) is 1.16. The van der Waals surface area contributed by atoms with E-state index in [1.54, 1.807) is 29.3 Å². The summed E-state index contributed by atoms with van der Waals surface area (Å²) in [6.45, 7) is 0. The van der Waals surface area contributed by atoms with E-state index in [9.17, 15) is 5.11 Å². The normalized spacial score (nSPS) is 13.1. The number of H-pyrrole nitrogens is 1. The minimum Gasteiger partial charge on any atom is -0.382 e. The molecule has 0 saturated carbocycles. The van der Waals surface area contributed by atoms with Crippen molar-refractivity contribution in [1.29, 1.82) is 0 Å². The van der Waals surface area contributed by atoms with E-state index in [-0.39, 0.29) is 0 Å². The monoisotopic (exact) mass is 178 g/mol. The molecule has 0 amide bonds. The van der Waals surface area contributed by atoms with Crippen molar-refractivity contribution < 1.29 is 5.11 Å². The largest absolute Gasteiger partial charge is 0.382 e. The van der Waals surface area contributed by atoms with Gasteiger partial charge in [-0.3, -0.25) is 9.78 Å². The number of aryl methyl sites for hydroxylation is 1. The quantitative estimate of drug-likeness (QED) is 0.691. The van der Waals surface area contributed by atoms with Gasteiger partial charge in [-0.25, -0.2) is 0 Å². The van der Waals surface area contributed by atoms with Crippen molar-refractivity contribution in [2.75, 3.05) is 0 Å². The fraction of sp³-hybridized carbons (Fsp3) is 0.250. The molecule has 0 aliphatic carbocycles. The topological polar surface area (TPSA) is 66.7 Å². The molecule has 2 heterocycles. The summed E-state index contributed by atoms with van der Waals surface area (Å²) in [5.74, 6) is 0. The van der Waals surface area contributed by atoms with Crippen LogP contribution in [0.4, 0.5) is 0 Å². The lowest BCUT2D eigenvalue weighted by Gasteiger charge is -2.02. The van der Waals surface area contributed by atoms with E-state index < -0.39 is 6.10 Å². The Morgan fingerprint density at radius 3 is 3.00 bits per heavy atom. The zero-order valence-electron chi connectivity index (χ0n) is 7.18. The zero-order chi connectivity index (χ0) is 9.26. The number of hydrogen-bond acceptors (Lipinski definition) is 3. The third-order valence-electron chi connectivity index (χ3n) is 1.85. The maximum Gasteiger partial charge on any atom is 0.126 e. The van der Waals surface area contributed by atoms with Crippen LogP contribution < -0.4 is 0 Å². The summed E-state index contributed by atoms with van der Waals surface area (Å²) in [4.78, 5) is 0. The minimum absolute atomic E-state index is 0.629. The first-order valence-corrected chi connectivity index (χ1v) is 3.93. The number of hydrogen-bond donors (Lipinski definition) is 2. The third-order valence-corrected chi connectivity index (χ3v) is 1.85. The molecule has 68 valence electrons. The highest BCUT2D eigenvalue weighted by molar-refractivity contribution is 5.19. The van der Waals surface area contributed by atoms with E-state index in [1.807, 2.05) is 7.05 Å². The maximum absolute atomic E-state index is 9.76. The van der Waals surface area contributed by atoms with E-state index in [0.29, 0.717) is 5.69 Å². The summed E-state index contributed by atoms with van der Waals surface area (Å²) in [7, 11) is 1.81. The molecule has 1 unspecified atom stereocenters. The van der Waals surface area contributed by atoms with Gasteiger partial charge in [0.15, 0.2) is 0 Å². The Labute approximate surface area is 75.0 Å². The molecule has 0 saturated heterocycles. The molecular weight excluding hydrogens is 168 g/mol. The van der Waals surface area contributed by atoms with Gasteiger partial charge in [-0.1, -0.05) is 0 Å². The van der Waals surface area contributed by atoms with Crippen LogP contribution in [0.1, 0.15) is 17.4 Å². The average molecular weight is 178 g/mol. The van der Waals surface area contributed by atoms with Gasteiger partial charge in [-0.15, -0.1) is 0 Å². The van der Waals surface area contributed by atoms with Crippen LogP contribution in [0.3, 0.4) is 0 Å². The molecule has 0 spiro atoms. The number of aliphatic hydroxyl groups is 1. The number of nitrogens with one attached hydrogen (secondary N) is 1. The van der Waals surface area contributed by atoms with E-state index in [1.165, 1.54) is 0 Å². The molecule has 0 aliphatic rings. The van der Waals surface area contributed by atoms with Gasteiger partial charge < -0.3 is 5.11 Å². The molecule has 2 aromatic rings. The highest BCUT2D eigenvalue weighted by Gasteiger charge is 2.13. The molecule has 0 radical (unpaired) electrons. The summed E-state index contributed by atoms with van der Waals surface area (Å²) >= 11 is 0. The fourth-order valence-corrected chi connectivity index (χ4v) is 1.16. The average Bonchev–Trinajstić information content (AvgIpc) is 2.72. The Balaban J connectivity index is 2.28. The predicted octanol–water partition coefficient (Wildman–Crippen LogP) is 0.225. The number of nitrogens with zero attached hydrogens (tertiary/aromatic N) is 3. The van der Waals surface area contributed by atoms with Gasteiger partial charge in [0.05, 0.1) is 11.9 Å². The van der Waals surface area contributed by atoms with Crippen LogP contribution in [0.2, 0.25) is 0 Å². The summed E-state index contributed by atoms with van der Waals surface area (Å²) in [6, 6.07) is 1.78. The highest BCUT2D eigenvalue weighted by atomic mass is 16.3. The standard InChI is InChI=1S/C8H10N4O/c1-12-3-2-7(11-12)8(13)6-4-9-10-5-6/h2-5,8,13H,1H3,(H,9,10). The van der Waals surface area contributed by atoms with E-state index >= 15 is 0 Å². The van der Waals surface area contributed by atoms with Crippen molar-refractivity contribution >= 4 is 0 Å². The molecule has 0 bridgehead atoms. The number of aromatic nitrogens is 4. The van der Waals surface area contributed by atoms with Gasteiger partial charge in [0.2, 0.25) is 0 Å². The first kappa shape index (κ1) is 8.00. The Morgan fingerprint density at radius 2 is 2.46 bits per heavy atom. The maximum atomic E-state index is 9.76. The summed E-state index contributed by atoms with van der Waals surface area (Å²) < 4.78 is 1.65. The van der Waals surface area contributed by atoms with Crippen LogP contribution in [0, 0.1) is 0 Å². The lowest BCUT2D eigenvalue weighted by atomic mass is 10.1. The number of aromatic amines is 1. The first-order chi connectivity index (χ1) is 6.27. The van der Waals surface area contributed by atoms with Crippen molar-refractivity contribution in [2.24, 2.45) is 7.05 Å². The number of aliphatic hydroxyl groups excluding tert-OH is 1. The molecule has 1 atom stereocenters. The van der Waals surface area contributed by atoms with Gasteiger partial charge in [0.1, 0.15) is 6.10 Å². The Bertz CT molecular complexity index is 379. The molecule has 0 aromatic carbocycles. The van der Waals surface area contributed by atoms with Crippen molar-refractivity contribution in [3.63, 3.8) is 0 Å². The molecular formula is C8H10N4O. The third kappa shape index (κ3) is 1.46. The lowest BCUT2D eigenvalue weighted by Crippen LogP contribution is -2.00.